The number of carbonyl (C=O) groups excluding carboxylic acids is 1. The van der Waals surface area contributed by atoms with Crippen LogP contribution in [0.1, 0.15) is 23.2 Å². The third kappa shape index (κ3) is 3.62. The van der Waals surface area contributed by atoms with Crippen molar-refractivity contribution in [2.75, 3.05) is 26.7 Å². The number of piperidine rings is 1. The van der Waals surface area contributed by atoms with Crippen molar-refractivity contribution in [3.8, 4) is 0 Å². The summed E-state index contributed by atoms with van der Waals surface area (Å²) < 4.78 is 0. The van der Waals surface area contributed by atoms with Crippen molar-refractivity contribution in [1.29, 1.82) is 0 Å². The summed E-state index contributed by atoms with van der Waals surface area (Å²) >= 11 is 12.0. The Hall–Kier alpha value is -0.770. The number of hydrogen-bond acceptors (Lipinski definition) is 2. The highest BCUT2D eigenvalue weighted by Crippen LogP contribution is 2.24. The molecule has 19 heavy (non-hydrogen) atoms. The van der Waals surface area contributed by atoms with Crippen molar-refractivity contribution < 1.29 is 4.79 Å². The molecule has 1 aliphatic rings. The van der Waals surface area contributed by atoms with Crippen molar-refractivity contribution >= 4 is 29.1 Å². The standard InChI is InChI=1S/C14H18Cl2N2O/c1-17-8-10-3-2-6-18(9-10)14(19)12-5-4-11(15)7-13(12)16/h4-5,7,10,17H,2-3,6,8-9H2,1H3/t10-/m0/s1. The molecule has 1 heterocycles. The Morgan fingerprint density at radius 3 is 2.95 bits per heavy atom. The summed E-state index contributed by atoms with van der Waals surface area (Å²) in [5, 5.41) is 4.15. The Labute approximate surface area is 123 Å². The molecule has 5 heteroatoms. The number of carbonyl (C=O) groups is 1. The summed E-state index contributed by atoms with van der Waals surface area (Å²) in [4.78, 5) is 14.3. The first kappa shape index (κ1) is 14.6. The summed E-state index contributed by atoms with van der Waals surface area (Å²) in [5.41, 5.74) is 0.538. The molecule has 3 nitrogen and oxygen atoms in total. The van der Waals surface area contributed by atoms with E-state index in [2.05, 4.69) is 5.32 Å². The van der Waals surface area contributed by atoms with E-state index in [1.807, 2.05) is 11.9 Å². The summed E-state index contributed by atoms with van der Waals surface area (Å²) in [6.45, 7) is 2.54. The van der Waals surface area contributed by atoms with E-state index in [1.165, 1.54) is 6.42 Å². The normalized spacial score (nSPS) is 19.5. The van der Waals surface area contributed by atoms with Crippen LogP contribution in [0.2, 0.25) is 10.0 Å². The monoisotopic (exact) mass is 300 g/mol. The zero-order chi connectivity index (χ0) is 13.8. The highest BCUT2D eigenvalue weighted by Gasteiger charge is 2.25. The van der Waals surface area contributed by atoms with Gasteiger partial charge in [-0.1, -0.05) is 23.2 Å². The molecule has 104 valence electrons. The van der Waals surface area contributed by atoms with Crippen LogP contribution in [0.5, 0.6) is 0 Å². The Balaban J connectivity index is 2.10. The van der Waals surface area contributed by atoms with E-state index in [1.54, 1.807) is 18.2 Å². The summed E-state index contributed by atoms with van der Waals surface area (Å²) in [6.07, 6.45) is 2.21. The van der Waals surface area contributed by atoms with Crippen molar-refractivity contribution in [3.05, 3.63) is 33.8 Å². The number of rotatable bonds is 3. The van der Waals surface area contributed by atoms with Gasteiger partial charge in [0, 0.05) is 18.1 Å². The zero-order valence-electron chi connectivity index (χ0n) is 11.0. The molecule has 2 rings (SSSR count). The lowest BCUT2D eigenvalue weighted by Crippen LogP contribution is -2.42. The van der Waals surface area contributed by atoms with Gasteiger partial charge in [-0.15, -0.1) is 0 Å². The van der Waals surface area contributed by atoms with Crippen LogP contribution in [-0.2, 0) is 0 Å². The molecule has 0 radical (unpaired) electrons. The number of benzene rings is 1. The maximum Gasteiger partial charge on any atom is 0.255 e. The van der Waals surface area contributed by atoms with Gasteiger partial charge in [0.15, 0.2) is 0 Å². The number of amides is 1. The van der Waals surface area contributed by atoms with Gasteiger partial charge in [0.1, 0.15) is 0 Å². The first-order chi connectivity index (χ1) is 9.11. The average Bonchev–Trinajstić information content (AvgIpc) is 2.39. The lowest BCUT2D eigenvalue weighted by atomic mass is 9.97. The fraction of sp³-hybridized carbons (Fsp3) is 0.500. The molecule has 0 aromatic heterocycles. The zero-order valence-corrected chi connectivity index (χ0v) is 12.5. The predicted molar refractivity (Wildman–Crippen MR) is 79.0 cm³/mol. The number of nitrogens with one attached hydrogen (secondary N) is 1. The fourth-order valence-electron chi connectivity index (χ4n) is 2.54. The van der Waals surface area contributed by atoms with Gasteiger partial charge in [-0.2, -0.15) is 0 Å². The highest BCUT2D eigenvalue weighted by molar-refractivity contribution is 6.36. The van der Waals surface area contributed by atoms with Crippen LogP contribution in [0.25, 0.3) is 0 Å². The average molecular weight is 301 g/mol. The summed E-state index contributed by atoms with van der Waals surface area (Å²) in [6, 6.07) is 5.02. The molecule has 1 aromatic rings. The minimum Gasteiger partial charge on any atom is -0.338 e. The molecule has 0 spiro atoms. The smallest absolute Gasteiger partial charge is 0.255 e. The van der Waals surface area contributed by atoms with E-state index >= 15 is 0 Å². The Bertz CT molecular complexity index is 463. The molecule has 0 unspecified atom stereocenters. The van der Waals surface area contributed by atoms with Crippen LogP contribution >= 0.6 is 23.2 Å². The molecule has 1 N–H and O–H groups in total. The number of hydrogen-bond donors (Lipinski definition) is 1. The van der Waals surface area contributed by atoms with Crippen molar-refractivity contribution in [2.24, 2.45) is 5.92 Å². The summed E-state index contributed by atoms with van der Waals surface area (Å²) in [5.74, 6) is 0.524. The van der Waals surface area contributed by atoms with Gasteiger partial charge in [0.25, 0.3) is 5.91 Å². The molecule has 1 saturated heterocycles. The van der Waals surface area contributed by atoms with E-state index in [-0.39, 0.29) is 5.91 Å². The van der Waals surface area contributed by atoms with Crippen LogP contribution in [0.3, 0.4) is 0 Å². The second-order valence-electron chi connectivity index (χ2n) is 4.94. The molecule has 1 aliphatic heterocycles. The van der Waals surface area contributed by atoms with Gasteiger partial charge >= 0.3 is 0 Å². The lowest BCUT2D eigenvalue weighted by molar-refractivity contribution is 0.0674. The van der Waals surface area contributed by atoms with Crippen molar-refractivity contribution in [1.82, 2.24) is 10.2 Å². The fourth-order valence-corrected chi connectivity index (χ4v) is 3.03. The molecule has 1 amide bonds. The van der Waals surface area contributed by atoms with Gasteiger partial charge in [0.2, 0.25) is 0 Å². The minimum atomic E-state index is 0.00229. The van der Waals surface area contributed by atoms with E-state index in [4.69, 9.17) is 23.2 Å². The van der Waals surface area contributed by atoms with Crippen molar-refractivity contribution in [3.63, 3.8) is 0 Å². The van der Waals surface area contributed by atoms with Crippen LogP contribution in [-0.4, -0.2) is 37.5 Å². The maximum absolute atomic E-state index is 12.5. The summed E-state index contributed by atoms with van der Waals surface area (Å²) in [7, 11) is 1.94. The Morgan fingerprint density at radius 2 is 2.26 bits per heavy atom. The molecule has 1 fully saturated rings. The SMILES string of the molecule is CNC[C@@H]1CCCN(C(=O)c2ccc(Cl)cc2Cl)C1. The third-order valence-electron chi connectivity index (χ3n) is 3.46. The molecular weight excluding hydrogens is 283 g/mol. The van der Waals surface area contributed by atoms with E-state index in [0.717, 1.165) is 26.1 Å². The number of nitrogens with zero attached hydrogens (tertiary/aromatic N) is 1. The lowest BCUT2D eigenvalue weighted by Gasteiger charge is -2.33. The maximum atomic E-state index is 12.5. The molecule has 0 aliphatic carbocycles. The molecule has 1 atom stereocenters. The topological polar surface area (TPSA) is 32.3 Å². The predicted octanol–water partition coefficient (Wildman–Crippen LogP) is 3.07. The van der Waals surface area contributed by atoms with Crippen molar-refractivity contribution in [2.45, 2.75) is 12.8 Å². The highest BCUT2D eigenvalue weighted by atomic mass is 35.5. The minimum absolute atomic E-state index is 0.00229. The molecular formula is C14H18Cl2N2O. The third-order valence-corrected chi connectivity index (χ3v) is 4.01. The van der Waals surface area contributed by atoms with E-state index in [0.29, 0.717) is 21.5 Å². The van der Waals surface area contributed by atoms with Crippen LogP contribution in [0, 0.1) is 5.92 Å². The Kier molecular flexibility index (Phi) is 5.08. The first-order valence-electron chi connectivity index (χ1n) is 6.50. The molecule has 0 saturated carbocycles. The number of likely N-dealkylation sites (tertiary alicyclic amines) is 1. The first-order valence-corrected chi connectivity index (χ1v) is 7.26. The molecule has 0 bridgehead atoms. The second-order valence-corrected chi connectivity index (χ2v) is 5.78. The van der Waals surface area contributed by atoms with E-state index in [9.17, 15) is 4.79 Å². The van der Waals surface area contributed by atoms with Gasteiger partial charge in [0.05, 0.1) is 10.6 Å². The second kappa shape index (κ2) is 6.60. The quantitative estimate of drug-likeness (QED) is 0.930. The van der Waals surface area contributed by atoms with Crippen LogP contribution in [0.15, 0.2) is 18.2 Å². The largest absolute Gasteiger partial charge is 0.338 e. The number of halogens is 2. The Morgan fingerprint density at radius 1 is 1.47 bits per heavy atom. The van der Waals surface area contributed by atoms with Crippen LogP contribution in [0.4, 0.5) is 0 Å². The van der Waals surface area contributed by atoms with Gasteiger partial charge < -0.3 is 10.2 Å². The van der Waals surface area contributed by atoms with Gasteiger partial charge in [-0.05, 0) is 50.6 Å². The van der Waals surface area contributed by atoms with Gasteiger partial charge in [-0.3, -0.25) is 4.79 Å². The van der Waals surface area contributed by atoms with Crippen LogP contribution < -0.4 is 5.32 Å². The molecule has 1 aromatic carbocycles. The van der Waals surface area contributed by atoms with E-state index < -0.39 is 0 Å². The van der Waals surface area contributed by atoms with Gasteiger partial charge in [-0.25, -0.2) is 0 Å².